The van der Waals surface area contributed by atoms with Crippen LogP contribution in [-0.2, 0) is 4.74 Å². The van der Waals surface area contributed by atoms with Gasteiger partial charge in [0.1, 0.15) is 0 Å². The lowest BCUT2D eigenvalue weighted by molar-refractivity contribution is 0.0640. The van der Waals surface area contributed by atoms with Gasteiger partial charge >= 0.3 is 0 Å². The van der Waals surface area contributed by atoms with Gasteiger partial charge in [-0.1, -0.05) is 55.7 Å². The maximum Gasteiger partial charge on any atom is 0.0958 e. The first kappa shape index (κ1) is 16.4. The second-order valence-electron chi connectivity index (χ2n) is 6.22. The summed E-state index contributed by atoms with van der Waals surface area (Å²) in [6.07, 6.45) is 2.17. The number of nitrogens with zero attached hydrogens (tertiary/aromatic N) is 1. The van der Waals surface area contributed by atoms with Crippen LogP contribution in [0.4, 0.5) is 0 Å². The van der Waals surface area contributed by atoms with Crippen molar-refractivity contribution < 1.29 is 4.74 Å². The Bertz CT molecular complexity index is 523. The Hall–Kier alpha value is -0.933. The highest BCUT2D eigenvalue weighted by Gasteiger charge is 2.21. The molecule has 0 N–H and O–H groups in total. The topological polar surface area (TPSA) is 12.5 Å². The molecular weight excluding hydrogens is 294 g/mol. The van der Waals surface area contributed by atoms with Gasteiger partial charge in [-0.05, 0) is 6.26 Å². The van der Waals surface area contributed by atoms with E-state index in [1.807, 2.05) is 11.8 Å². The van der Waals surface area contributed by atoms with Crippen molar-refractivity contribution in [3.8, 4) is 0 Å². The smallest absolute Gasteiger partial charge is 0.0958 e. The molecule has 0 unspecified atom stereocenters. The average Bonchev–Trinajstić information content (AvgIpc) is 2.49. The molecule has 114 valence electrons. The molecule has 4 heteroatoms. The van der Waals surface area contributed by atoms with Crippen LogP contribution in [0.2, 0.25) is 19.6 Å². The van der Waals surface area contributed by atoms with Gasteiger partial charge in [0.2, 0.25) is 0 Å². The molecule has 1 aromatic carbocycles. The van der Waals surface area contributed by atoms with E-state index in [1.54, 1.807) is 0 Å². The molecule has 1 aromatic rings. The number of ether oxygens (including phenoxy) is 1. The summed E-state index contributed by atoms with van der Waals surface area (Å²) in [6, 6.07) is 10.6. The summed E-state index contributed by atoms with van der Waals surface area (Å²) in [7, 11) is -1.36. The molecule has 1 heterocycles. The van der Waals surface area contributed by atoms with Crippen LogP contribution < -0.4 is 0 Å². The molecule has 1 saturated heterocycles. The molecule has 1 fully saturated rings. The van der Waals surface area contributed by atoms with Crippen molar-refractivity contribution in [2.45, 2.75) is 19.6 Å². The largest absolute Gasteiger partial charge is 0.378 e. The molecule has 2 rings (SSSR count). The standard InChI is InChI=1S/C17H25NOSSi/c1-20-17(21(2,3)4)14-16(15-8-6-5-7-9-15)18-10-12-19-13-11-18/h5-9H,10-13H2,1-4H3. The van der Waals surface area contributed by atoms with Gasteiger partial charge in [-0.3, -0.25) is 0 Å². The summed E-state index contributed by atoms with van der Waals surface area (Å²) < 4.78 is 6.92. The summed E-state index contributed by atoms with van der Waals surface area (Å²) in [6.45, 7) is 10.7. The number of hydrogen-bond donors (Lipinski definition) is 0. The first-order valence-electron chi connectivity index (χ1n) is 7.46. The zero-order chi connectivity index (χ0) is 15.3. The van der Waals surface area contributed by atoms with Gasteiger partial charge in [-0.15, -0.1) is 11.8 Å². The van der Waals surface area contributed by atoms with Gasteiger partial charge in [-0.2, -0.15) is 0 Å². The van der Waals surface area contributed by atoms with Gasteiger partial charge < -0.3 is 9.64 Å². The molecule has 0 aromatic heterocycles. The van der Waals surface area contributed by atoms with E-state index >= 15 is 0 Å². The minimum Gasteiger partial charge on any atom is -0.378 e. The quantitative estimate of drug-likeness (QED) is 0.613. The Morgan fingerprint density at radius 2 is 1.76 bits per heavy atom. The van der Waals surface area contributed by atoms with Crippen molar-refractivity contribution >= 4 is 25.5 Å². The van der Waals surface area contributed by atoms with E-state index in [9.17, 15) is 0 Å². The number of rotatable bonds is 4. The summed E-state index contributed by atoms with van der Waals surface area (Å²) in [5.74, 6) is 0. The molecule has 2 nitrogen and oxygen atoms in total. The fourth-order valence-electron chi connectivity index (χ4n) is 2.37. The molecule has 1 aliphatic heterocycles. The van der Waals surface area contributed by atoms with E-state index in [2.05, 4.69) is 66.9 Å². The van der Waals surface area contributed by atoms with Gasteiger partial charge in [0, 0.05) is 23.2 Å². The molecule has 21 heavy (non-hydrogen) atoms. The lowest BCUT2D eigenvalue weighted by Crippen LogP contribution is -2.35. The normalized spacial score (nSPS) is 15.5. The molecule has 0 bridgehead atoms. The first-order valence-corrected chi connectivity index (χ1v) is 12.2. The maximum absolute atomic E-state index is 5.50. The average molecular weight is 320 g/mol. The zero-order valence-electron chi connectivity index (χ0n) is 13.5. The Morgan fingerprint density at radius 1 is 1.14 bits per heavy atom. The van der Waals surface area contributed by atoms with Crippen LogP contribution in [0.3, 0.4) is 0 Å². The fraction of sp³-hybridized carbons (Fsp3) is 0.471. The Morgan fingerprint density at radius 3 is 2.29 bits per heavy atom. The van der Waals surface area contributed by atoms with Crippen LogP contribution in [0.5, 0.6) is 0 Å². The molecular formula is C17H25NOSSi. The second-order valence-corrected chi connectivity index (χ2v) is 12.4. The van der Waals surface area contributed by atoms with Crippen LogP contribution in [0.25, 0.3) is 5.70 Å². The van der Waals surface area contributed by atoms with E-state index in [0.29, 0.717) is 0 Å². The van der Waals surface area contributed by atoms with Gasteiger partial charge in [-0.25, -0.2) is 0 Å². The van der Waals surface area contributed by atoms with Crippen LogP contribution in [0.1, 0.15) is 5.56 Å². The van der Waals surface area contributed by atoms with Gasteiger partial charge in [0.15, 0.2) is 0 Å². The summed E-state index contributed by atoms with van der Waals surface area (Å²) in [5.41, 5.74) is 6.24. The van der Waals surface area contributed by atoms with Crippen molar-refractivity contribution in [2.75, 3.05) is 32.6 Å². The minimum atomic E-state index is -1.36. The number of morpholine rings is 1. The van der Waals surface area contributed by atoms with E-state index in [0.717, 1.165) is 26.3 Å². The van der Waals surface area contributed by atoms with E-state index in [-0.39, 0.29) is 0 Å². The number of thioether (sulfide) groups is 1. The Balaban J connectivity index is 2.52. The third-order valence-corrected chi connectivity index (χ3v) is 7.94. The highest BCUT2D eigenvalue weighted by molar-refractivity contribution is 8.04. The van der Waals surface area contributed by atoms with Crippen molar-refractivity contribution in [3.05, 3.63) is 46.2 Å². The monoisotopic (exact) mass is 319 g/mol. The van der Waals surface area contributed by atoms with Gasteiger partial charge in [0.05, 0.1) is 27.0 Å². The lowest BCUT2D eigenvalue weighted by atomic mass is 10.1. The molecule has 0 spiro atoms. The molecule has 0 atom stereocenters. The summed E-state index contributed by atoms with van der Waals surface area (Å²) in [5, 5.41) is 0. The van der Waals surface area contributed by atoms with Crippen molar-refractivity contribution in [2.24, 2.45) is 0 Å². The molecule has 0 saturated carbocycles. The fourth-order valence-corrected chi connectivity index (χ4v) is 5.51. The number of benzene rings is 1. The molecule has 1 aliphatic rings. The predicted octanol–water partition coefficient (Wildman–Crippen LogP) is 4.08. The van der Waals surface area contributed by atoms with E-state index < -0.39 is 8.07 Å². The summed E-state index contributed by atoms with van der Waals surface area (Å²) >= 11 is 1.85. The highest BCUT2D eigenvalue weighted by atomic mass is 32.2. The highest BCUT2D eigenvalue weighted by Crippen LogP contribution is 2.27. The Kier molecular flexibility index (Phi) is 5.77. The van der Waals surface area contributed by atoms with Crippen LogP contribution in [0, 0.1) is 0 Å². The van der Waals surface area contributed by atoms with Gasteiger partial charge in [0.25, 0.3) is 0 Å². The molecule has 0 amide bonds. The first-order chi connectivity index (χ1) is 10.0. The van der Waals surface area contributed by atoms with Crippen molar-refractivity contribution in [1.82, 2.24) is 4.90 Å². The van der Waals surface area contributed by atoms with Crippen molar-refractivity contribution in [3.63, 3.8) is 0 Å². The number of hydrogen-bond acceptors (Lipinski definition) is 3. The predicted molar refractivity (Wildman–Crippen MR) is 96.1 cm³/mol. The lowest BCUT2D eigenvalue weighted by Gasteiger charge is -2.30. The third kappa shape index (κ3) is 4.52. The van der Waals surface area contributed by atoms with Crippen LogP contribution in [0.15, 0.2) is 40.6 Å². The second kappa shape index (κ2) is 7.37. The van der Waals surface area contributed by atoms with Crippen LogP contribution >= 0.6 is 11.8 Å². The summed E-state index contributed by atoms with van der Waals surface area (Å²) in [4.78, 5) is 2.41. The maximum atomic E-state index is 5.50. The van der Waals surface area contributed by atoms with E-state index in [4.69, 9.17) is 4.74 Å². The molecule has 0 radical (unpaired) electrons. The zero-order valence-corrected chi connectivity index (χ0v) is 15.3. The molecule has 0 aliphatic carbocycles. The van der Waals surface area contributed by atoms with E-state index in [1.165, 1.54) is 15.8 Å². The third-order valence-electron chi connectivity index (χ3n) is 3.49. The SMILES string of the molecule is CSC(=C=C(c1ccccc1)N1CCOCC1)[Si](C)(C)C. The van der Waals surface area contributed by atoms with Crippen molar-refractivity contribution in [1.29, 1.82) is 0 Å². The Labute approximate surface area is 133 Å². The minimum absolute atomic E-state index is 0.805. The van der Waals surface area contributed by atoms with Crippen LogP contribution in [-0.4, -0.2) is 45.5 Å².